The Balaban J connectivity index is 1.18. The van der Waals surface area contributed by atoms with Crippen LogP contribution in [0.4, 0.5) is 23.2 Å². The minimum absolute atomic E-state index is 0.0400. The van der Waals surface area contributed by atoms with E-state index in [1.807, 2.05) is 0 Å². The lowest BCUT2D eigenvalue weighted by Crippen LogP contribution is -2.47. The van der Waals surface area contributed by atoms with Gasteiger partial charge in [0.2, 0.25) is 5.91 Å². The Hall–Kier alpha value is -2.09. The average molecular weight is 468 g/mol. The van der Waals surface area contributed by atoms with Gasteiger partial charge >= 0.3 is 6.18 Å². The lowest BCUT2D eigenvalue weighted by atomic mass is 9.84. The van der Waals surface area contributed by atoms with Gasteiger partial charge < -0.3 is 10.2 Å². The fraction of sp³-hybridized carbons (Fsp3) is 0.640. The first kappa shape index (κ1) is 24.0. The first-order valence-corrected chi connectivity index (χ1v) is 12.1. The predicted molar refractivity (Wildman–Crippen MR) is 120 cm³/mol. The summed E-state index contributed by atoms with van der Waals surface area (Å²) in [7, 11) is 0. The molecule has 0 unspecified atom stereocenters. The standard InChI is InChI=1S/C25H33F4N3O/c26-23-21(25(27,28)29)6-3-7-22(23)32-16-14-31(15-17-32)13-12-18-8-10-20(11-9-18)30-24(33)19-4-1-2-5-19/h3-4,6-7,18,20H,1-2,5,8-17H2,(H,30,33). The molecule has 0 atom stereocenters. The van der Waals surface area contributed by atoms with Crippen LogP contribution in [0.15, 0.2) is 29.8 Å². The Kier molecular flexibility index (Phi) is 7.62. The van der Waals surface area contributed by atoms with Gasteiger partial charge in [0.15, 0.2) is 5.82 Å². The summed E-state index contributed by atoms with van der Waals surface area (Å²) in [4.78, 5) is 16.3. The topological polar surface area (TPSA) is 35.6 Å². The van der Waals surface area contributed by atoms with E-state index in [9.17, 15) is 22.4 Å². The molecule has 4 nitrogen and oxygen atoms in total. The summed E-state index contributed by atoms with van der Waals surface area (Å²) in [5, 5.41) is 3.20. The van der Waals surface area contributed by atoms with Gasteiger partial charge in [-0.1, -0.05) is 12.1 Å². The van der Waals surface area contributed by atoms with Crippen molar-refractivity contribution in [3.63, 3.8) is 0 Å². The molecule has 2 aliphatic carbocycles. The van der Waals surface area contributed by atoms with E-state index >= 15 is 0 Å². The minimum atomic E-state index is -4.68. The monoisotopic (exact) mass is 467 g/mol. The summed E-state index contributed by atoms with van der Waals surface area (Å²) in [5.41, 5.74) is -0.214. The smallest absolute Gasteiger partial charge is 0.367 e. The Morgan fingerprint density at radius 2 is 1.79 bits per heavy atom. The van der Waals surface area contributed by atoms with Crippen LogP contribution in [0, 0.1) is 11.7 Å². The second kappa shape index (κ2) is 10.5. The van der Waals surface area contributed by atoms with Gasteiger partial charge in [0.25, 0.3) is 0 Å². The minimum Gasteiger partial charge on any atom is -0.367 e. The summed E-state index contributed by atoms with van der Waals surface area (Å²) < 4.78 is 53.4. The van der Waals surface area contributed by atoms with E-state index in [0.717, 1.165) is 82.6 Å². The number of nitrogens with zero attached hydrogens (tertiary/aromatic N) is 2. The molecule has 1 aromatic rings. The highest BCUT2D eigenvalue weighted by Crippen LogP contribution is 2.35. The van der Waals surface area contributed by atoms with Crippen molar-refractivity contribution >= 4 is 11.6 Å². The molecule has 1 saturated carbocycles. The van der Waals surface area contributed by atoms with Crippen molar-refractivity contribution in [3.05, 3.63) is 41.2 Å². The van der Waals surface area contributed by atoms with Crippen molar-refractivity contribution in [2.24, 2.45) is 5.92 Å². The largest absolute Gasteiger partial charge is 0.419 e. The van der Waals surface area contributed by atoms with Crippen LogP contribution >= 0.6 is 0 Å². The van der Waals surface area contributed by atoms with Crippen LogP contribution < -0.4 is 10.2 Å². The lowest BCUT2D eigenvalue weighted by molar-refractivity contribution is -0.139. The van der Waals surface area contributed by atoms with Crippen molar-refractivity contribution in [2.45, 2.75) is 63.6 Å². The highest BCUT2D eigenvalue weighted by atomic mass is 19.4. The van der Waals surface area contributed by atoms with Crippen LogP contribution in [0.2, 0.25) is 0 Å². The lowest BCUT2D eigenvalue weighted by Gasteiger charge is -2.37. The zero-order valence-electron chi connectivity index (χ0n) is 19.0. The number of benzene rings is 1. The number of amides is 1. The Morgan fingerprint density at radius 1 is 1.06 bits per heavy atom. The van der Waals surface area contributed by atoms with Crippen LogP contribution in [-0.2, 0) is 11.0 Å². The van der Waals surface area contributed by atoms with Gasteiger partial charge in [0, 0.05) is 37.8 Å². The maximum atomic E-state index is 14.4. The molecule has 3 aliphatic rings. The van der Waals surface area contributed by atoms with Crippen LogP contribution in [0.25, 0.3) is 0 Å². The molecule has 1 N–H and O–H groups in total. The number of hydrogen-bond donors (Lipinski definition) is 1. The highest BCUT2D eigenvalue weighted by molar-refractivity contribution is 5.93. The fourth-order valence-corrected chi connectivity index (χ4v) is 5.31. The van der Waals surface area contributed by atoms with Crippen LogP contribution in [0.1, 0.15) is 56.9 Å². The zero-order chi connectivity index (χ0) is 23.4. The van der Waals surface area contributed by atoms with Crippen molar-refractivity contribution in [1.82, 2.24) is 10.2 Å². The maximum absolute atomic E-state index is 14.4. The number of rotatable bonds is 6. The van der Waals surface area contributed by atoms with Gasteiger partial charge in [-0.3, -0.25) is 9.69 Å². The van der Waals surface area contributed by atoms with Crippen LogP contribution in [0.5, 0.6) is 0 Å². The molecule has 8 heteroatoms. The van der Waals surface area contributed by atoms with E-state index in [2.05, 4.69) is 16.3 Å². The number of carbonyl (C=O) groups excluding carboxylic acids is 1. The molecule has 4 rings (SSSR count). The number of piperazine rings is 1. The van der Waals surface area contributed by atoms with E-state index in [-0.39, 0.29) is 17.6 Å². The predicted octanol–water partition coefficient (Wildman–Crippen LogP) is 5.14. The molecular weight excluding hydrogens is 434 g/mol. The van der Waals surface area contributed by atoms with E-state index in [4.69, 9.17) is 0 Å². The van der Waals surface area contributed by atoms with Crippen LogP contribution in [-0.4, -0.2) is 49.6 Å². The molecule has 33 heavy (non-hydrogen) atoms. The summed E-state index contributed by atoms with van der Waals surface area (Å²) >= 11 is 0. The van der Waals surface area contributed by atoms with Gasteiger partial charge in [0.1, 0.15) is 0 Å². The third kappa shape index (κ3) is 6.08. The van der Waals surface area contributed by atoms with E-state index in [1.54, 1.807) is 4.90 Å². The van der Waals surface area contributed by atoms with Crippen molar-refractivity contribution in [2.75, 3.05) is 37.6 Å². The summed E-state index contributed by atoms with van der Waals surface area (Å²) in [6, 6.07) is 3.78. The van der Waals surface area contributed by atoms with Crippen LogP contribution in [0.3, 0.4) is 0 Å². The number of nitrogens with one attached hydrogen (secondary N) is 1. The van der Waals surface area contributed by atoms with Gasteiger partial charge in [0.05, 0.1) is 11.3 Å². The first-order chi connectivity index (χ1) is 15.8. The average Bonchev–Trinajstić information content (AvgIpc) is 3.34. The van der Waals surface area contributed by atoms with Gasteiger partial charge in [-0.2, -0.15) is 13.2 Å². The molecule has 182 valence electrons. The van der Waals surface area contributed by atoms with E-state index < -0.39 is 17.6 Å². The van der Waals surface area contributed by atoms with Gasteiger partial charge in [-0.05, 0) is 76.0 Å². The zero-order valence-corrected chi connectivity index (χ0v) is 19.0. The fourth-order valence-electron chi connectivity index (χ4n) is 5.31. The highest BCUT2D eigenvalue weighted by Gasteiger charge is 2.36. The molecule has 1 aliphatic heterocycles. The molecule has 2 fully saturated rings. The molecule has 1 amide bonds. The van der Waals surface area contributed by atoms with Gasteiger partial charge in [-0.15, -0.1) is 0 Å². The SMILES string of the molecule is O=C(NC1CCC(CCN2CCN(c3cccc(C(F)(F)F)c3F)CC2)CC1)C1=CCCC1. The third-order valence-electron chi connectivity index (χ3n) is 7.36. The maximum Gasteiger partial charge on any atom is 0.419 e. The Bertz CT molecular complexity index is 854. The quantitative estimate of drug-likeness (QED) is 0.589. The van der Waals surface area contributed by atoms with Crippen molar-refractivity contribution in [1.29, 1.82) is 0 Å². The van der Waals surface area contributed by atoms with E-state index in [1.165, 1.54) is 12.1 Å². The second-order valence-corrected chi connectivity index (χ2v) is 9.57. The summed E-state index contributed by atoms with van der Waals surface area (Å²) in [6.45, 7) is 3.43. The Morgan fingerprint density at radius 3 is 2.42 bits per heavy atom. The number of allylic oxidation sites excluding steroid dienone is 1. The number of carbonyl (C=O) groups is 1. The molecule has 0 spiro atoms. The summed E-state index contributed by atoms with van der Waals surface area (Å²) in [6.07, 6.45) is 5.72. The summed E-state index contributed by atoms with van der Waals surface area (Å²) in [5.74, 6) is -0.416. The molecule has 0 radical (unpaired) electrons. The van der Waals surface area contributed by atoms with Gasteiger partial charge in [-0.25, -0.2) is 4.39 Å². The molecule has 0 aromatic heterocycles. The molecule has 0 bridgehead atoms. The normalized spacial score (nSPS) is 24.6. The number of alkyl halides is 3. The molecule has 1 aromatic carbocycles. The number of anilines is 1. The molecule has 1 heterocycles. The number of hydrogen-bond acceptors (Lipinski definition) is 3. The molecular formula is C25H33F4N3O. The first-order valence-electron chi connectivity index (χ1n) is 12.1. The van der Waals surface area contributed by atoms with Crippen molar-refractivity contribution < 1.29 is 22.4 Å². The number of halogens is 4. The third-order valence-corrected chi connectivity index (χ3v) is 7.36. The Labute approximate surface area is 193 Å². The van der Waals surface area contributed by atoms with E-state index in [0.29, 0.717) is 19.0 Å². The second-order valence-electron chi connectivity index (χ2n) is 9.57. The molecule has 1 saturated heterocycles. The van der Waals surface area contributed by atoms with Crippen molar-refractivity contribution in [3.8, 4) is 0 Å².